The fraction of sp³-hybridized carbons (Fsp3) is 0.429. The molecule has 2 amide bonds. The maximum atomic E-state index is 11.7. The number of aliphatic carboxylic acids is 1. The second-order valence-corrected chi connectivity index (χ2v) is 5.32. The van der Waals surface area contributed by atoms with Crippen LogP contribution in [0.1, 0.15) is 25.0 Å². The van der Waals surface area contributed by atoms with Crippen molar-refractivity contribution in [1.29, 1.82) is 0 Å². The van der Waals surface area contributed by atoms with Crippen molar-refractivity contribution in [2.24, 2.45) is 5.41 Å². The highest BCUT2D eigenvalue weighted by atomic mass is 16.4. The van der Waals surface area contributed by atoms with Gasteiger partial charge in [0.25, 0.3) is 0 Å². The number of anilines is 1. The molecule has 0 fully saturated rings. The summed E-state index contributed by atoms with van der Waals surface area (Å²) >= 11 is 0. The summed E-state index contributed by atoms with van der Waals surface area (Å²) in [4.78, 5) is 22.6. The largest absolute Gasteiger partial charge is 0.481 e. The van der Waals surface area contributed by atoms with Crippen molar-refractivity contribution in [3.8, 4) is 0 Å². The second kappa shape index (κ2) is 5.73. The van der Waals surface area contributed by atoms with Gasteiger partial charge < -0.3 is 15.7 Å². The first-order valence-electron chi connectivity index (χ1n) is 6.08. The van der Waals surface area contributed by atoms with Crippen LogP contribution in [-0.4, -0.2) is 23.7 Å². The van der Waals surface area contributed by atoms with E-state index in [2.05, 4.69) is 10.6 Å². The highest BCUT2D eigenvalue weighted by Gasteiger charge is 2.27. The number of aryl methyl sites for hydroxylation is 2. The summed E-state index contributed by atoms with van der Waals surface area (Å²) < 4.78 is 0. The lowest BCUT2D eigenvalue weighted by atomic mass is 9.94. The first-order valence-corrected chi connectivity index (χ1v) is 6.08. The summed E-state index contributed by atoms with van der Waals surface area (Å²) in [5.74, 6) is -0.945. The highest BCUT2D eigenvalue weighted by Crippen LogP contribution is 2.16. The van der Waals surface area contributed by atoms with Crippen LogP contribution in [-0.2, 0) is 4.79 Å². The molecule has 0 saturated carbocycles. The van der Waals surface area contributed by atoms with Crippen molar-refractivity contribution >= 4 is 17.7 Å². The molecule has 0 heterocycles. The normalized spacial score (nSPS) is 10.9. The molecule has 0 bridgehead atoms. The molecule has 5 nitrogen and oxygen atoms in total. The van der Waals surface area contributed by atoms with Gasteiger partial charge in [-0.15, -0.1) is 0 Å². The third-order valence-corrected chi connectivity index (χ3v) is 2.90. The summed E-state index contributed by atoms with van der Waals surface area (Å²) in [5.41, 5.74) is 1.82. The average Bonchev–Trinajstić information content (AvgIpc) is 2.30. The van der Waals surface area contributed by atoms with Gasteiger partial charge in [0.05, 0.1) is 5.41 Å². The van der Waals surface area contributed by atoms with Gasteiger partial charge in [-0.1, -0.05) is 17.7 Å². The molecule has 19 heavy (non-hydrogen) atoms. The fourth-order valence-electron chi connectivity index (χ4n) is 1.50. The fourth-order valence-corrected chi connectivity index (χ4v) is 1.50. The van der Waals surface area contributed by atoms with Crippen molar-refractivity contribution < 1.29 is 14.7 Å². The third kappa shape index (κ3) is 4.28. The zero-order valence-corrected chi connectivity index (χ0v) is 11.7. The average molecular weight is 264 g/mol. The van der Waals surface area contributed by atoms with Crippen molar-refractivity contribution in [1.82, 2.24) is 5.32 Å². The first kappa shape index (κ1) is 15.0. The third-order valence-electron chi connectivity index (χ3n) is 2.90. The number of urea groups is 1. The Bertz CT molecular complexity index is 495. The van der Waals surface area contributed by atoms with Crippen molar-refractivity contribution in [2.75, 3.05) is 11.9 Å². The van der Waals surface area contributed by atoms with E-state index >= 15 is 0 Å². The Morgan fingerprint density at radius 3 is 2.42 bits per heavy atom. The number of carbonyl (C=O) groups excluding carboxylic acids is 1. The monoisotopic (exact) mass is 264 g/mol. The van der Waals surface area contributed by atoms with Crippen LogP contribution in [0.3, 0.4) is 0 Å². The molecule has 0 aliphatic carbocycles. The van der Waals surface area contributed by atoms with E-state index in [1.807, 2.05) is 32.0 Å². The van der Waals surface area contributed by atoms with E-state index in [1.165, 1.54) is 0 Å². The lowest BCUT2D eigenvalue weighted by Gasteiger charge is -2.20. The molecule has 0 spiro atoms. The Morgan fingerprint density at radius 1 is 1.26 bits per heavy atom. The minimum Gasteiger partial charge on any atom is -0.481 e. The molecule has 0 saturated heterocycles. The van der Waals surface area contributed by atoms with Gasteiger partial charge in [0.1, 0.15) is 0 Å². The molecular weight excluding hydrogens is 244 g/mol. The van der Waals surface area contributed by atoms with E-state index in [0.29, 0.717) is 0 Å². The first-order chi connectivity index (χ1) is 8.72. The van der Waals surface area contributed by atoms with Gasteiger partial charge in [0.2, 0.25) is 0 Å². The number of rotatable bonds is 4. The molecule has 104 valence electrons. The summed E-state index contributed by atoms with van der Waals surface area (Å²) in [6, 6.07) is 5.30. The minimum atomic E-state index is -0.986. The standard InChI is InChI=1S/C14H20N2O3/c1-9-5-6-11(10(2)7-9)16-13(19)15-8-14(3,4)12(17)18/h5-7H,8H2,1-4H3,(H,17,18)(H2,15,16,19). The zero-order valence-electron chi connectivity index (χ0n) is 11.7. The number of hydrogen-bond acceptors (Lipinski definition) is 2. The minimum absolute atomic E-state index is 0.0685. The molecule has 1 aromatic rings. The number of benzene rings is 1. The van der Waals surface area contributed by atoms with Crippen LogP contribution >= 0.6 is 0 Å². The number of amides is 2. The van der Waals surface area contributed by atoms with Gasteiger partial charge in [0.15, 0.2) is 0 Å². The van der Waals surface area contributed by atoms with Crippen LogP contribution < -0.4 is 10.6 Å². The van der Waals surface area contributed by atoms with E-state index in [0.717, 1.165) is 16.8 Å². The summed E-state index contributed by atoms with van der Waals surface area (Å²) in [6.07, 6.45) is 0. The molecule has 0 aromatic heterocycles. The van der Waals surface area contributed by atoms with Gasteiger partial charge in [-0.2, -0.15) is 0 Å². The number of carboxylic acid groups (broad SMARTS) is 1. The predicted molar refractivity (Wildman–Crippen MR) is 74.4 cm³/mol. The van der Waals surface area contributed by atoms with Crippen molar-refractivity contribution in [3.05, 3.63) is 29.3 Å². The van der Waals surface area contributed by atoms with E-state index in [9.17, 15) is 9.59 Å². The highest BCUT2D eigenvalue weighted by molar-refractivity contribution is 5.90. The van der Waals surface area contributed by atoms with Crippen LogP contribution in [0.5, 0.6) is 0 Å². The Kier molecular flexibility index (Phi) is 4.53. The SMILES string of the molecule is Cc1ccc(NC(=O)NCC(C)(C)C(=O)O)c(C)c1. The second-order valence-electron chi connectivity index (χ2n) is 5.32. The van der Waals surface area contributed by atoms with E-state index in [-0.39, 0.29) is 6.54 Å². The maximum absolute atomic E-state index is 11.7. The van der Waals surface area contributed by atoms with Gasteiger partial charge >= 0.3 is 12.0 Å². The molecule has 0 atom stereocenters. The lowest BCUT2D eigenvalue weighted by Crippen LogP contribution is -2.40. The smallest absolute Gasteiger partial charge is 0.319 e. The van der Waals surface area contributed by atoms with Crippen molar-refractivity contribution in [3.63, 3.8) is 0 Å². The van der Waals surface area contributed by atoms with Crippen molar-refractivity contribution in [2.45, 2.75) is 27.7 Å². The van der Waals surface area contributed by atoms with Gasteiger partial charge in [-0.05, 0) is 39.3 Å². The molecule has 0 aliphatic heterocycles. The molecule has 1 rings (SSSR count). The number of nitrogens with one attached hydrogen (secondary N) is 2. The Hall–Kier alpha value is -2.04. The molecule has 0 unspecified atom stereocenters. The van der Waals surface area contributed by atoms with E-state index < -0.39 is 17.4 Å². The summed E-state index contributed by atoms with van der Waals surface area (Å²) in [6.45, 7) is 7.08. The Balaban J connectivity index is 2.59. The van der Waals surface area contributed by atoms with Crippen LogP contribution in [0, 0.1) is 19.3 Å². The molecule has 5 heteroatoms. The van der Waals surface area contributed by atoms with E-state index in [4.69, 9.17) is 5.11 Å². The molecule has 0 radical (unpaired) electrons. The molecule has 1 aromatic carbocycles. The Labute approximate surface area is 113 Å². The predicted octanol–water partition coefficient (Wildman–Crippen LogP) is 2.54. The molecule has 0 aliphatic rings. The zero-order chi connectivity index (χ0) is 14.6. The summed E-state index contributed by atoms with van der Waals surface area (Å²) in [7, 11) is 0. The number of carboxylic acids is 1. The topological polar surface area (TPSA) is 78.4 Å². The summed E-state index contributed by atoms with van der Waals surface area (Å²) in [5, 5.41) is 14.2. The lowest BCUT2D eigenvalue weighted by molar-refractivity contribution is -0.146. The van der Waals surface area contributed by atoms with Crippen LogP contribution in [0.2, 0.25) is 0 Å². The Morgan fingerprint density at radius 2 is 1.89 bits per heavy atom. The van der Waals surface area contributed by atoms with Crippen LogP contribution in [0.25, 0.3) is 0 Å². The quantitative estimate of drug-likeness (QED) is 0.782. The molecular formula is C14H20N2O3. The molecule has 3 N–H and O–H groups in total. The number of carbonyl (C=O) groups is 2. The van der Waals surface area contributed by atoms with Crippen LogP contribution in [0.15, 0.2) is 18.2 Å². The van der Waals surface area contributed by atoms with Crippen LogP contribution in [0.4, 0.5) is 10.5 Å². The van der Waals surface area contributed by atoms with Gasteiger partial charge in [-0.25, -0.2) is 4.79 Å². The van der Waals surface area contributed by atoms with Gasteiger partial charge in [-0.3, -0.25) is 4.79 Å². The van der Waals surface area contributed by atoms with Gasteiger partial charge in [0, 0.05) is 12.2 Å². The maximum Gasteiger partial charge on any atom is 0.319 e. The van der Waals surface area contributed by atoms with E-state index in [1.54, 1.807) is 13.8 Å². The number of hydrogen-bond donors (Lipinski definition) is 3.